The van der Waals surface area contributed by atoms with E-state index >= 15 is 0 Å². The maximum absolute atomic E-state index is 10.4. The zero-order valence-electron chi connectivity index (χ0n) is 73.6. The number of rotatable bonds is 11. The Hall–Kier alpha value is -9.67. The Morgan fingerprint density at radius 1 is 0.483 bits per heavy atom. The first-order valence-electron chi connectivity index (χ1n) is 40.5. The van der Waals surface area contributed by atoms with Crippen molar-refractivity contribution < 1.29 is 66.0 Å². The molecule has 11 aromatic carbocycles. The van der Waals surface area contributed by atoms with Gasteiger partial charge < -0.3 is 13.9 Å². The minimum atomic E-state index is -2.91. The van der Waals surface area contributed by atoms with Gasteiger partial charge in [-0.1, -0.05) is 235 Å². The van der Waals surface area contributed by atoms with E-state index in [0.717, 1.165) is 11.1 Å². The van der Waals surface area contributed by atoms with Crippen molar-refractivity contribution in [2.24, 2.45) is 0 Å². The van der Waals surface area contributed by atoms with E-state index in [-0.39, 0.29) is 94.2 Å². The van der Waals surface area contributed by atoms with Gasteiger partial charge in [-0.15, -0.1) is 29.7 Å². The van der Waals surface area contributed by atoms with Gasteiger partial charge in [0.1, 0.15) is 5.82 Å². The molecule has 0 aliphatic rings. The predicted octanol–water partition coefficient (Wildman–Crippen LogP) is 20.5. The number of imidazole rings is 1. The van der Waals surface area contributed by atoms with Gasteiger partial charge in [0.25, 0.3) is 6.33 Å². The number of hydrogen-bond acceptors (Lipinski definition) is 2. The largest absolute Gasteiger partial charge is 0.510 e. The summed E-state index contributed by atoms with van der Waals surface area (Å²) < 4.78 is 245. The molecule has 14 aromatic rings. The second-order valence-electron chi connectivity index (χ2n) is 22.5. The number of para-hydroxylation sites is 2. The number of pyridine rings is 1. The average Bonchev–Trinajstić information content (AvgIpc) is 1.59. The van der Waals surface area contributed by atoms with Crippen LogP contribution in [0.2, 0.25) is 0 Å². The molecule has 6 heteroatoms. The molecule has 0 fully saturated rings. The van der Waals surface area contributed by atoms with Crippen LogP contribution in [0.4, 0.5) is 0 Å². The molecular formula is C81H64N4OPt-2. The monoisotopic (exact) mass is 1330 g/mol. The summed E-state index contributed by atoms with van der Waals surface area (Å²) in [5, 5.41) is 1.32. The summed E-state index contributed by atoms with van der Waals surface area (Å²) in [6.07, 6.45) is 4.68. The van der Waals surface area contributed by atoms with Crippen molar-refractivity contribution in [3.63, 3.8) is 0 Å². The molecule has 87 heavy (non-hydrogen) atoms. The van der Waals surface area contributed by atoms with E-state index in [4.69, 9.17) is 33.0 Å². The van der Waals surface area contributed by atoms with Crippen LogP contribution in [0.15, 0.2) is 260 Å². The number of benzene rings is 11. The van der Waals surface area contributed by atoms with Crippen molar-refractivity contribution in [3.8, 4) is 95.5 Å². The Balaban J connectivity index is 0.0000112. The molecule has 3 heterocycles. The van der Waals surface area contributed by atoms with Gasteiger partial charge in [-0.25, -0.2) is 4.98 Å². The van der Waals surface area contributed by atoms with Gasteiger partial charge in [0.05, 0.1) is 48.2 Å². The van der Waals surface area contributed by atoms with E-state index in [9.17, 15) is 12.3 Å². The zero-order chi connectivity index (χ0) is 81.2. The zero-order valence-corrected chi connectivity index (χ0v) is 49.8. The van der Waals surface area contributed by atoms with E-state index in [2.05, 4.69) is 24.5 Å². The molecule has 14 rings (SSSR count). The first-order chi connectivity index (χ1) is 52.6. The molecule has 5 nitrogen and oxygen atoms in total. The van der Waals surface area contributed by atoms with Crippen molar-refractivity contribution in [3.05, 3.63) is 296 Å². The van der Waals surface area contributed by atoms with Gasteiger partial charge in [-0.3, -0.25) is 4.57 Å². The van der Waals surface area contributed by atoms with Crippen LogP contribution in [0, 0.1) is 25.3 Å². The van der Waals surface area contributed by atoms with Crippen LogP contribution >= 0.6 is 0 Å². The molecule has 0 atom stereocenters. The quantitative estimate of drug-likeness (QED) is 0.0956. The summed E-state index contributed by atoms with van der Waals surface area (Å²) in [7, 11) is 0. The number of ether oxygens (including phenoxy) is 1. The number of hydrogen-bond donors (Lipinski definition) is 0. The summed E-state index contributed by atoms with van der Waals surface area (Å²) in [6.45, 7) is 9.36. The normalized spacial score (nSPS) is 16.1. The fourth-order valence-corrected chi connectivity index (χ4v) is 10.5. The van der Waals surface area contributed by atoms with E-state index < -0.39 is 184 Å². The molecule has 0 aliphatic heterocycles. The van der Waals surface area contributed by atoms with Crippen LogP contribution in [0.5, 0.6) is 11.5 Å². The molecule has 0 unspecified atom stereocenters. The molecule has 0 aliphatic carbocycles. The number of aryl methyl sites for hydroxylation is 1. The van der Waals surface area contributed by atoms with Gasteiger partial charge in [0.15, 0.2) is 0 Å². The fraction of sp³-hybridized carbons (Fsp3) is 0.111. The summed E-state index contributed by atoms with van der Waals surface area (Å²) in [6, 6.07) is 22.5. The smallest absolute Gasteiger partial charge is 0.268 e. The van der Waals surface area contributed by atoms with Crippen LogP contribution in [0.3, 0.4) is 0 Å². The van der Waals surface area contributed by atoms with Crippen LogP contribution in [0.25, 0.3) is 117 Å². The van der Waals surface area contributed by atoms with Gasteiger partial charge in [-0.2, -0.15) is 18.2 Å². The van der Waals surface area contributed by atoms with Crippen LogP contribution in [-0.4, -0.2) is 14.1 Å². The Morgan fingerprint density at radius 2 is 1.06 bits per heavy atom. The predicted molar refractivity (Wildman–Crippen MR) is 355 cm³/mol. The summed E-state index contributed by atoms with van der Waals surface area (Å²) in [5.74, 6) is 0.232. The fourth-order valence-electron chi connectivity index (χ4n) is 10.5. The third-order valence-corrected chi connectivity index (χ3v) is 14.9. The standard InChI is InChI=1S/C81H64N4O.Pt/c1-54-42-78(82-52-73(54)58-30-18-11-19-31-58)85-74-37-21-20-34-71(74)72-40-39-68(51-76(72)85)86-67-33-22-32-66(50-67)83-53-84(75-41-38-59(48-77(75)83)55-24-12-8-13-25-55)79-69(35-23-36-70(79)63-46-64(80(2,3)4)49-65(47-63)81(5,6)7)62-44-60(56-26-14-9-15-27-56)43-61(45-62)57-28-16-10-17-29-57;/h8-49,52H,1-7H3;/q-2;/i1D3,8D,9D,10D,11D,12D,13D,14D,15D,16D,17D,18D,19D,24D,25D,26D,27D,28D,29D,30D,31D,43D,44D,45D;. The second kappa shape index (κ2) is 23.0. The minimum Gasteiger partial charge on any atom is -0.510 e. The van der Waals surface area contributed by atoms with Gasteiger partial charge >= 0.3 is 0 Å². The molecule has 0 bridgehead atoms. The SMILES string of the molecule is [2H]c1c([2H])c([2H])c(-c2ccc3c(c2)n(-c2[c-]c(Oc4[c-]c5c(cc4)c4ccccc4n5-c4cc(C([2H])([2H])[2H])c(-c5c([2H])c([2H])c([2H])c([2H])c5[2H])cn4)ccc2)[c-][n+]3-c2c(-c3cc(C(C)(C)C)cc(C(C)(C)C)c3)cccc2-c2c([2H])c(-c3c([2H])c([2H])c([2H])c([2H])c3[2H])c([2H])c(-c3c([2H])c([2H])c([2H])c([2H])c3[2H])c2[2H])c([2H])c1[2H].[Pt]. The Labute approximate surface area is 561 Å². The Bertz CT molecular complexity index is 6190. The maximum Gasteiger partial charge on any atom is 0.268 e. The van der Waals surface area contributed by atoms with Crippen molar-refractivity contribution in [2.45, 2.75) is 59.2 Å². The van der Waals surface area contributed by atoms with Crippen molar-refractivity contribution >= 4 is 32.8 Å². The molecule has 0 N–H and O–H groups in total. The van der Waals surface area contributed by atoms with Crippen molar-refractivity contribution in [1.29, 1.82) is 0 Å². The molecule has 0 saturated carbocycles. The second-order valence-corrected chi connectivity index (χ2v) is 22.5. The van der Waals surface area contributed by atoms with Crippen LogP contribution < -0.4 is 9.30 Å². The maximum atomic E-state index is 10.4. The number of fused-ring (bicyclic) bond motifs is 4. The average molecular weight is 1330 g/mol. The van der Waals surface area contributed by atoms with Crippen molar-refractivity contribution in [2.75, 3.05) is 0 Å². The third-order valence-electron chi connectivity index (χ3n) is 14.9. The van der Waals surface area contributed by atoms with E-state index in [0.29, 0.717) is 32.9 Å². The van der Waals surface area contributed by atoms with Crippen LogP contribution in [0.1, 0.15) is 93.9 Å². The van der Waals surface area contributed by atoms with E-state index in [1.54, 1.807) is 92.6 Å². The summed E-state index contributed by atoms with van der Waals surface area (Å²) >= 11 is 0. The first-order valence-corrected chi connectivity index (χ1v) is 27.5. The van der Waals surface area contributed by atoms with Gasteiger partial charge in [0.2, 0.25) is 0 Å². The third kappa shape index (κ3) is 10.9. The molecule has 0 radical (unpaired) electrons. The minimum absolute atomic E-state index is 0. The molecule has 426 valence electrons. The molecule has 0 amide bonds. The van der Waals surface area contributed by atoms with E-state index in [1.807, 2.05) is 65.8 Å². The summed E-state index contributed by atoms with van der Waals surface area (Å²) in [4.78, 5) is 4.70. The van der Waals surface area contributed by atoms with Gasteiger partial charge in [0, 0.05) is 54.0 Å². The summed E-state index contributed by atoms with van der Waals surface area (Å²) in [5.41, 5.74) is -0.531. The van der Waals surface area contributed by atoms with Crippen LogP contribution in [-0.2, 0) is 31.9 Å². The number of nitrogens with zero attached hydrogens (tertiary/aromatic N) is 4. The molecule has 0 saturated heterocycles. The Kier molecular flexibility index (Phi) is 8.94. The molecular weight excluding hydrogens is 1240 g/mol. The van der Waals surface area contributed by atoms with Crippen molar-refractivity contribution in [1.82, 2.24) is 14.1 Å². The number of aromatic nitrogens is 4. The Morgan fingerprint density at radius 3 is 1.69 bits per heavy atom. The van der Waals surface area contributed by atoms with E-state index in [1.165, 1.54) is 12.3 Å². The molecule has 0 spiro atoms. The molecule has 3 aromatic heterocycles. The topological polar surface area (TPSA) is 35.9 Å². The van der Waals surface area contributed by atoms with Gasteiger partial charge in [-0.05, 0) is 143 Å². The first kappa shape index (κ1) is 33.9.